The molecule has 0 aliphatic carbocycles. The quantitative estimate of drug-likeness (QED) is 0.498. The van der Waals surface area contributed by atoms with Gasteiger partial charge >= 0.3 is 0 Å². The summed E-state index contributed by atoms with van der Waals surface area (Å²) >= 11 is 0. The van der Waals surface area contributed by atoms with E-state index in [-0.39, 0.29) is 0 Å². The molecule has 0 unspecified atom stereocenters. The van der Waals surface area contributed by atoms with Gasteiger partial charge in [-0.1, -0.05) is 0 Å². The van der Waals surface area contributed by atoms with Crippen molar-refractivity contribution in [1.29, 1.82) is 0 Å². The van der Waals surface area contributed by atoms with Crippen LogP contribution in [0, 0.1) is 6.92 Å². The van der Waals surface area contributed by atoms with E-state index < -0.39 is 16.6 Å². The molecule has 0 saturated carbocycles. The van der Waals surface area contributed by atoms with E-state index in [1.165, 1.54) is 5.82 Å². The minimum atomic E-state index is -1.52. The van der Waals surface area contributed by atoms with Crippen LogP contribution >= 0.6 is 0 Å². The molecule has 0 N–H and O–H groups in total. The average Bonchev–Trinajstić information content (AvgIpc) is 2.33. The van der Waals surface area contributed by atoms with E-state index in [2.05, 4.69) is 54.6 Å². The molecule has 0 atom stereocenters. The van der Waals surface area contributed by atoms with Crippen molar-refractivity contribution in [3.63, 3.8) is 0 Å². The maximum atomic E-state index is 6.44. The second kappa shape index (κ2) is 3.30. The van der Waals surface area contributed by atoms with Crippen molar-refractivity contribution in [2.75, 3.05) is 0 Å². The van der Waals surface area contributed by atoms with Gasteiger partial charge in [0.1, 0.15) is 24.7 Å². The van der Waals surface area contributed by atoms with Crippen LogP contribution in [0.4, 0.5) is 0 Å². The monoisotopic (exact) mass is 241 g/mol. The number of hydrogen-bond donors (Lipinski definition) is 0. The highest BCUT2D eigenvalue weighted by molar-refractivity contribution is 6.83. The summed E-state index contributed by atoms with van der Waals surface area (Å²) in [5.74, 6) is 1.37. The number of nitrogens with zero attached hydrogens (tertiary/aromatic N) is 2. The zero-order chi connectivity index (χ0) is 11.3. The number of imidazole rings is 1. The smallest absolute Gasteiger partial charge is 0.252 e. The lowest BCUT2D eigenvalue weighted by molar-refractivity contribution is -0.687. The van der Waals surface area contributed by atoms with Crippen LogP contribution < -0.4 is 4.57 Å². The van der Waals surface area contributed by atoms with Crippen LogP contribution in [0.25, 0.3) is 0 Å². The summed E-state index contributed by atoms with van der Waals surface area (Å²) in [6.45, 7) is 11.5. The standard InChI is InChI=1S/C10H21N2OSi2/c1-10-11-6-7-12(10)9-15(4,5)13-14(2,3)8-11/h6-7H,8-9H2,1-5H3/q+1. The summed E-state index contributed by atoms with van der Waals surface area (Å²) in [4.78, 5) is 0. The number of hydrogen-bond acceptors (Lipinski definition) is 1. The van der Waals surface area contributed by atoms with Crippen LogP contribution in [0.3, 0.4) is 0 Å². The number of fused-ring (bicyclic) bond motifs is 2. The minimum Gasteiger partial charge on any atom is -0.450 e. The lowest BCUT2D eigenvalue weighted by Crippen LogP contribution is -2.58. The minimum absolute atomic E-state index is 1.09. The Morgan fingerprint density at radius 2 is 1.93 bits per heavy atom. The molecule has 1 aromatic heterocycles. The fourth-order valence-electron chi connectivity index (χ4n) is 2.51. The van der Waals surface area contributed by atoms with Gasteiger partial charge in [-0.25, -0.2) is 9.13 Å². The van der Waals surface area contributed by atoms with Crippen LogP contribution in [0.1, 0.15) is 5.82 Å². The first kappa shape index (κ1) is 11.1. The third-order valence-corrected chi connectivity index (χ3v) is 9.54. The average molecular weight is 241 g/mol. The van der Waals surface area contributed by atoms with Crippen molar-refractivity contribution in [3.8, 4) is 0 Å². The van der Waals surface area contributed by atoms with Gasteiger partial charge in [-0.3, -0.25) is 0 Å². The lowest BCUT2D eigenvalue weighted by atomic mass is 10.7. The Kier molecular flexibility index (Phi) is 2.44. The Bertz CT molecular complexity index is 351. The van der Waals surface area contributed by atoms with Crippen molar-refractivity contribution >= 4 is 16.6 Å². The van der Waals surface area contributed by atoms with Crippen LogP contribution in [0.5, 0.6) is 0 Å². The van der Waals surface area contributed by atoms with Crippen molar-refractivity contribution < 1.29 is 8.68 Å². The summed E-state index contributed by atoms with van der Waals surface area (Å²) in [5, 5.41) is 0. The second-order valence-electron chi connectivity index (χ2n) is 5.72. The maximum absolute atomic E-state index is 6.44. The fourth-order valence-corrected chi connectivity index (χ4v) is 11.3. The molecule has 1 aromatic rings. The zero-order valence-corrected chi connectivity index (χ0v) is 12.4. The molecule has 0 saturated heterocycles. The van der Waals surface area contributed by atoms with Crippen LogP contribution in [-0.4, -0.2) is 21.2 Å². The normalized spacial score (nSPS) is 23.3. The van der Waals surface area contributed by atoms with Crippen molar-refractivity contribution in [2.45, 2.75) is 45.4 Å². The van der Waals surface area contributed by atoms with E-state index >= 15 is 0 Å². The molecule has 3 nitrogen and oxygen atoms in total. The van der Waals surface area contributed by atoms with Gasteiger partial charge in [-0.2, -0.15) is 0 Å². The Morgan fingerprint density at radius 1 is 1.27 bits per heavy atom. The van der Waals surface area contributed by atoms with Gasteiger partial charge in [0.05, 0.1) is 0 Å². The summed E-state index contributed by atoms with van der Waals surface area (Å²) in [5.41, 5.74) is 0. The molecular weight excluding hydrogens is 220 g/mol. The Hall–Kier alpha value is -0.396. The van der Waals surface area contributed by atoms with Gasteiger partial charge in [-0.15, -0.1) is 0 Å². The molecule has 0 amide bonds. The van der Waals surface area contributed by atoms with E-state index in [1.807, 2.05) is 0 Å². The van der Waals surface area contributed by atoms with Gasteiger partial charge in [0.2, 0.25) is 16.6 Å². The van der Waals surface area contributed by atoms with Gasteiger partial charge < -0.3 is 4.12 Å². The van der Waals surface area contributed by atoms with E-state index in [0.29, 0.717) is 0 Å². The predicted octanol–water partition coefficient (Wildman–Crippen LogP) is 1.60. The highest BCUT2D eigenvalue weighted by Gasteiger charge is 2.40. The van der Waals surface area contributed by atoms with Crippen molar-refractivity contribution in [1.82, 2.24) is 4.57 Å². The topological polar surface area (TPSA) is 18.0 Å². The molecular formula is C10H21N2OSi2+. The molecule has 0 spiro atoms. The Balaban J connectivity index is 2.45. The third-order valence-electron chi connectivity index (χ3n) is 2.91. The van der Waals surface area contributed by atoms with Gasteiger partial charge in [0, 0.05) is 6.92 Å². The highest BCUT2D eigenvalue weighted by atomic mass is 28.4. The second-order valence-corrected chi connectivity index (χ2v) is 14.2. The first-order chi connectivity index (χ1) is 6.79. The Morgan fingerprint density at radius 3 is 2.60 bits per heavy atom. The largest absolute Gasteiger partial charge is 0.450 e. The molecule has 0 fully saturated rings. The van der Waals surface area contributed by atoms with Crippen LogP contribution in [0.2, 0.25) is 26.2 Å². The van der Waals surface area contributed by atoms with Crippen molar-refractivity contribution in [3.05, 3.63) is 18.2 Å². The van der Waals surface area contributed by atoms with Gasteiger partial charge in [0.15, 0.2) is 0 Å². The van der Waals surface area contributed by atoms with Crippen LogP contribution in [-0.2, 0) is 16.5 Å². The zero-order valence-electron chi connectivity index (χ0n) is 10.4. The SMILES string of the molecule is Cc1n2cc[n+]1C[Si](C)(C)O[Si](C)(C)C2. The number of aromatic nitrogens is 2. The maximum Gasteiger partial charge on any atom is 0.252 e. The molecule has 2 bridgehead atoms. The molecule has 2 heterocycles. The summed E-state index contributed by atoms with van der Waals surface area (Å²) < 4.78 is 11.1. The van der Waals surface area contributed by atoms with Gasteiger partial charge in [0.25, 0.3) is 5.82 Å². The lowest BCUT2D eigenvalue weighted by Gasteiger charge is -2.33. The van der Waals surface area contributed by atoms with E-state index in [0.717, 1.165) is 12.3 Å². The molecule has 0 radical (unpaired) electrons. The summed E-state index contributed by atoms with van der Waals surface area (Å²) in [6.07, 6.45) is 6.57. The van der Waals surface area contributed by atoms with Gasteiger partial charge in [-0.05, 0) is 26.2 Å². The number of rotatable bonds is 0. The molecule has 5 heteroatoms. The summed E-state index contributed by atoms with van der Waals surface area (Å²) in [6, 6.07) is 0. The highest BCUT2D eigenvalue weighted by Crippen LogP contribution is 2.19. The van der Waals surface area contributed by atoms with Crippen molar-refractivity contribution in [2.24, 2.45) is 0 Å². The molecule has 1 aliphatic rings. The summed E-state index contributed by atoms with van der Waals surface area (Å²) in [7, 11) is -3.04. The Labute approximate surface area is 94.0 Å². The van der Waals surface area contributed by atoms with Crippen LogP contribution in [0.15, 0.2) is 12.4 Å². The van der Waals surface area contributed by atoms with E-state index in [9.17, 15) is 0 Å². The fraction of sp³-hybridized carbons (Fsp3) is 0.700. The molecule has 84 valence electrons. The van der Waals surface area contributed by atoms with E-state index in [4.69, 9.17) is 4.12 Å². The third kappa shape index (κ3) is 2.24. The molecule has 15 heavy (non-hydrogen) atoms. The molecule has 2 rings (SSSR count). The first-order valence-electron chi connectivity index (χ1n) is 5.54. The molecule has 0 aromatic carbocycles. The first-order valence-corrected chi connectivity index (χ1v) is 11.8. The predicted molar refractivity (Wildman–Crippen MR) is 65.4 cm³/mol. The van der Waals surface area contributed by atoms with E-state index in [1.54, 1.807) is 0 Å². The molecule has 1 aliphatic heterocycles.